The number of thiazole rings is 1. The Hall–Kier alpha value is -1.14. The molecule has 0 spiro atoms. The SMILES string of the molecule is CC1(CNC(=O)Cc2csc(N)n2)CCCO1. The maximum atomic E-state index is 11.7. The number of aromatic nitrogens is 1. The summed E-state index contributed by atoms with van der Waals surface area (Å²) >= 11 is 1.35. The fraction of sp³-hybridized carbons (Fsp3) is 0.636. The maximum Gasteiger partial charge on any atom is 0.226 e. The van der Waals surface area contributed by atoms with Crippen molar-refractivity contribution >= 4 is 22.4 Å². The van der Waals surface area contributed by atoms with Crippen LogP contribution in [-0.4, -0.2) is 29.6 Å². The highest BCUT2D eigenvalue weighted by molar-refractivity contribution is 7.13. The van der Waals surface area contributed by atoms with Crippen LogP contribution < -0.4 is 11.1 Å². The van der Waals surface area contributed by atoms with Crippen molar-refractivity contribution in [3.05, 3.63) is 11.1 Å². The number of carbonyl (C=O) groups excluding carboxylic acids is 1. The van der Waals surface area contributed by atoms with E-state index in [1.54, 1.807) is 0 Å². The molecule has 1 aliphatic heterocycles. The lowest BCUT2D eigenvalue weighted by atomic mass is 10.0. The highest BCUT2D eigenvalue weighted by Crippen LogP contribution is 2.23. The van der Waals surface area contributed by atoms with Crippen molar-refractivity contribution in [2.24, 2.45) is 0 Å². The van der Waals surface area contributed by atoms with E-state index in [0.717, 1.165) is 25.1 Å². The third-order valence-corrected chi connectivity index (χ3v) is 3.59. The molecule has 1 aliphatic rings. The molecule has 6 heteroatoms. The first-order valence-electron chi connectivity index (χ1n) is 5.68. The number of nitrogen functional groups attached to an aromatic ring is 1. The Balaban J connectivity index is 1.77. The van der Waals surface area contributed by atoms with Gasteiger partial charge in [-0.05, 0) is 19.8 Å². The minimum Gasteiger partial charge on any atom is -0.375 e. The standard InChI is InChI=1S/C11H17N3O2S/c1-11(3-2-4-16-11)7-13-9(15)5-8-6-17-10(12)14-8/h6H,2-5,7H2,1H3,(H2,12,14)(H,13,15). The minimum absolute atomic E-state index is 0.0352. The van der Waals surface area contributed by atoms with Gasteiger partial charge < -0.3 is 15.8 Å². The Bertz CT molecular complexity index is 399. The Morgan fingerprint density at radius 2 is 2.59 bits per heavy atom. The summed E-state index contributed by atoms with van der Waals surface area (Å²) in [4.78, 5) is 15.7. The van der Waals surface area contributed by atoms with Crippen LogP contribution in [0.3, 0.4) is 0 Å². The maximum absolute atomic E-state index is 11.7. The fourth-order valence-electron chi connectivity index (χ4n) is 1.89. The number of ether oxygens (including phenoxy) is 1. The van der Waals surface area contributed by atoms with Crippen molar-refractivity contribution in [1.29, 1.82) is 0 Å². The van der Waals surface area contributed by atoms with Crippen molar-refractivity contribution in [2.45, 2.75) is 31.8 Å². The molecule has 1 aromatic rings. The summed E-state index contributed by atoms with van der Waals surface area (Å²) in [6, 6.07) is 0. The minimum atomic E-state index is -0.198. The van der Waals surface area contributed by atoms with Crippen molar-refractivity contribution in [3.8, 4) is 0 Å². The quantitative estimate of drug-likeness (QED) is 0.840. The molecule has 2 heterocycles. The van der Waals surface area contributed by atoms with Gasteiger partial charge in [-0.1, -0.05) is 0 Å². The molecule has 5 nitrogen and oxygen atoms in total. The van der Waals surface area contributed by atoms with Crippen molar-refractivity contribution < 1.29 is 9.53 Å². The Morgan fingerprint density at radius 1 is 1.76 bits per heavy atom. The smallest absolute Gasteiger partial charge is 0.226 e. The topological polar surface area (TPSA) is 77.2 Å². The molecule has 0 aromatic carbocycles. The summed E-state index contributed by atoms with van der Waals surface area (Å²) < 4.78 is 5.60. The van der Waals surface area contributed by atoms with Crippen LogP contribution in [0.2, 0.25) is 0 Å². The van der Waals surface area contributed by atoms with Crippen LogP contribution in [0.4, 0.5) is 5.13 Å². The molecule has 0 bridgehead atoms. The second kappa shape index (κ2) is 5.01. The van der Waals surface area contributed by atoms with Gasteiger partial charge in [-0.2, -0.15) is 0 Å². The molecule has 3 N–H and O–H groups in total. The van der Waals surface area contributed by atoms with Crippen LogP contribution in [0.1, 0.15) is 25.5 Å². The molecule has 1 unspecified atom stereocenters. The van der Waals surface area contributed by atoms with Gasteiger partial charge in [0.1, 0.15) is 0 Å². The van der Waals surface area contributed by atoms with Gasteiger partial charge in [-0.25, -0.2) is 4.98 Å². The molecule has 0 saturated carbocycles. The van der Waals surface area contributed by atoms with Gasteiger partial charge in [0.15, 0.2) is 5.13 Å². The third-order valence-electron chi connectivity index (χ3n) is 2.87. The summed E-state index contributed by atoms with van der Waals surface area (Å²) in [5.74, 6) is -0.0352. The fourth-order valence-corrected chi connectivity index (χ4v) is 2.46. The van der Waals surface area contributed by atoms with E-state index in [4.69, 9.17) is 10.5 Å². The average Bonchev–Trinajstić information content (AvgIpc) is 2.86. The lowest BCUT2D eigenvalue weighted by Gasteiger charge is -2.23. The van der Waals surface area contributed by atoms with E-state index in [1.165, 1.54) is 11.3 Å². The molecule has 1 atom stereocenters. The van der Waals surface area contributed by atoms with Crippen molar-refractivity contribution in [3.63, 3.8) is 0 Å². The largest absolute Gasteiger partial charge is 0.375 e. The summed E-state index contributed by atoms with van der Waals surface area (Å²) in [7, 11) is 0. The molecule has 1 saturated heterocycles. The van der Waals surface area contributed by atoms with Gasteiger partial charge in [-0.15, -0.1) is 11.3 Å². The van der Waals surface area contributed by atoms with Crippen LogP contribution in [0, 0.1) is 0 Å². The van der Waals surface area contributed by atoms with E-state index < -0.39 is 0 Å². The van der Waals surface area contributed by atoms with Gasteiger partial charge in [-0.3, -0.25) is 4.79 Å². The molecule has 2 rings (SSSR count). The Kier molecular flexibility index (Phi) is 3.63. The number of carbonyl (C=O) groups is 1. The zero-order valence-electron chi connectivity index (χ0n) is 9.86. The number of nitrogens with zero attached hydrogens (tertiary/aromatic N) is 1. The van der Waals surface area contributed by atoms with Gasteiger partial charge in [0.2, 0.25) is 5.91 Å². The van der Waals surface area contributed by atoms with E-state index >= 15 is 0 Å². The molecule has 1 fully saturated rings. The summed E-state index contributed by atoms with van der Waals surface area (Å²) in [6.07, 6.45) is 2.34. The summed E-state index contributed by atoms with van der Waals surface area (Å²) in [5, 5.41) is 5.19. The number of anilines is 1. The van der Waals surface area contributed by atoms with Crippen LogP contribution in [-0.2, 0) is 16.0 Å². The zero-order valence-corrected chi connectivity index (χ0v) is 10.7. The average molecular weight is 255 g/mol. The second-order valence-corrected chi connectivity index (χ2v) is 5.42. The monoisotopic (exact) mass is 255 g/mol. The number of rotatable bonds is 4. The van der Waals surface area contributed by atoms with Crippen molar-refractivity contribution in [2.75, 3.05) is 18.9 Å². The molecule has 0 aliphatic carbocycles. The lowest BCUT2D eigenvalue weighted by molar-refractivity contribution is -0.121. The first kappa shape index (κ1) is 12.3. The lowest BCUT2D eigenvalue weighted by Crippen LogP contribution is -2.40. The van der Waals surface area contributed by atoms with E-state index in [1.807, 2.05) is 12.3 Å². The molecule has 17 heavy (non-hydrogen) atoms. The molecule has 1 aromatic heterocycles. The molecular formula is C11H17N3O2S. The van der Waals surface area contributed by atoms with Gasteiger partial charge in [0.25, 0.3) is 0 Å². The second-order valence-electron chi connectivity index (χ2n) is 4.53. The van der Waals surface area contributed by atoms with Crippen LogP contribution in [0.5, 0.6) is 0 Å². The number of nitrogens with two attached hydrogens (primary N) is 1. The van der Waals surface area contributed by atoms with Crippen LogP contribution >= 0.6 is 11.3 Å². The van der Waals surface area contributed by atoms with Gasteiger partial charge in [0.05, 0.1) is 17.7 Å². The number of nitrogens with one attached hydrogen (secondary N) is 1. The summed E-state index contributed by atoms with van der Waals surface area (Å²) in [5.41, 5.74) is 6.03. The summed E-state index contributed by atoms with van der Waals surface area (Å²) in [6.45, 7) is 3.38. The number of amides is 1. The van der Waals surface area contributed by atoms with Gasteiger partial charge in [0, 0.05) is 18.5 Å². The third kappa shape index (κ3) is 3.41. The predicted octanol–water partition coefficient (Wildman–Crippen LogP) is 0.953. The first-order valence-corrected chi connectivity index (χ1v) is 6.56. The van der Waals surface area contributed by atoms with Crippen LogP contribution in [0.15, 0.2) is 5.38 Å². The number of hydrogen-bond donors (Lipinski definition) is 2. The number of hydrogen-bond acceptors (Lipinski definition) is 5. The predicted molar refractivity (Wildman–Crippen MR) is 66.8 cm³/mol. The highest BCUT2D eigenvalue weighted by atomic mass is 32.1. The first-order chi connectivity index (χ1) is 8.07. The Morgan fingerprint density at radius 3 is 3.18 bits per heavy atom. The zero-order chi connectivity index (χ0) is 12.3. The molecule has 94 valence electrons. The van der Waals surface area contributed by atoms with Gasteiger partial charge >= 0.3 is 0 Å². The van der Waals surface area contributed by atoms with E-state index in [9.17, 15) is 4.79 Å². The van der Waals surface area contributed by atoms with E-state index in [2.05, 4.69) is 10.3 Å². The highest BCUT2D eigenvalue weighted by Gasteiger charge is 2.29. The normalized spacial score (nSPS) is 23.8. The van der Waals surface area contributed by atoms with E-state index in [-0.39, 0.29) is 17.9 Å². The molecule has 1 amide bonds. The van der Waals surface area contributed by atoms with Crippen molar-refractivity contribution in [1.82, 2.24) is 10.3 Å². The van der Waals surface area contributed by atoms with E-state index in [0.29, 0.717) is 11.7 Å². The molecule has 0 radical (unpaired) electrons. The Labute approximate surface area is 104 Å². The van der Waals surface area contributed by atoms with Crippen LogP contribution in [0.25, 0.3) is 0 Å². The molecular weight excluding hydrogens is 238 g/mol.